The van der Waals surface area contributed by atoms with Crippen LogP contribution in [0, 0.1) is 5.92 Å². The molecule has 1 aromatic carbocycles. The third-order valence-corrected chi connectivity index (χ3v) is 5.14. The van der Waals surface area contributed by atoms with E-state index in [1.165, 1.54) is 0 Å². The van der Waals surface area contributed by atoms with Gasteiger partial charge in [0, 0.05) is 6.42 Å². The molecule has 154 valence electrons. The van der Waals surface area contributed by atoms with E-state index in [-0.39, 0.29) is 49.8 Å². The number of hydrogen-bond acceptors (Lipinski definition) is 5. The van der Waals surface area contributed by atoms with Gasteiger partial charge in [0.25, 0.3) is 5.91 Å². The Hall–Kier alpha value is -2.61. The number of ether oxygens (including phenoxy) is 1. The number of nitrogens with one attached hydrogen (secondary N) is 2. The van der Waals surface area contributed by atoms with E-state index in [9.17, 15) is 19.5 Å². The highest BCUT2D eigenvalue weighted by molar-refractivity contribution is 6.04. The third-order valence-electron chi connectivity index (χ3n) is 5.14. The van der Waals surface area contributed by atoms with Gasteiger partial charge in [0.05, 0.1) is 26.3 Å². The molecule has 0 aromatic heterocycles. The second-order valence-corrected chi connectivity index (χ2v) is 7.06. The van der Waals surface area contributed by atoms with Crippen molar-refractivity contribution in [3.05, 3.63) is 29.8 Å². The number of carbonyl (C=O) groups excluding carboxylic acids is 3. The summed E-state index contributed by atoms with van der Waals surface area (Å²) in [6.45, 7) is 3.98. The minimum atomic E-state index is -0.715. The van der Waals surface area contributed by atoms with Crippen LogP contribution >= 0.6 is 0 Å². The maximum absolute atomic E-state index is 12.5. The molecule has 0 aliphatic carbocycles. The molecule has 1 fully saturated rings. The summed E-state index contributed by atoms with van der Waals surface area (Å²) in [5.41, 5.74) is 0.807. The van der Waals surface area contributed by atoms with Crippen LogP contribution < -0.4 is 15.4 Å². The van der Waals surface area contributed by atoms with Crippen molar-refractivity contribution < 1.29 is 24.2 Å². The lowest BCUT2D eigenvalue weighted by molar-refractivity contribution is -0.128. The van der Waals surface area contributed by atoms with Crippen LogP contribution in [0.4, 0.5) is 4.79 Å². The molecule has 3 N–H and O–H groups in total. The van der Waals surface area contributed by atoms with Crippen LogP contribution in [0.25, 0.3) is 0 Å². The Labute approximate surface area is 165 Å². The summed E-state index contributed by atoms with van der Waals surface area (Å²) in [5, 5.41) is 14.8. The number of amides is 4. The predicted molar refractivity (Wildman–Crippen MR) is 104 cm³/mol. The van der Waals surface area contributed by atoms with Gasteiger partial charge in [-0.05, 0) is 30.0 Å². The van der Waals surface area contributed by atoms with Crippen molar-refractivity contribution in [3.63, 3.8) is 0 Å². The Morgan fingerprint density at radius 1 is 1.32 bits per heavy atom. The quantitative estimate of drug-likeness (QED) is 0.523. The van der Waals surface area contributed by atoms with Crippen LogP contribution in [0.1, 0.15) is 38.7 Å². The average molecular weight is 391 g/mol. The molecular weight excluding hydrogens is 362 g/mol. The number of aliphatic hydroxyl groups excluding tert-OH is 1. The minimum absolute atomic E-state index is 0.0972. The Bertz CT molecular complexity index is 692. The van der Waals surface area contributed by atoms with Crippen molar-refractivity contribution in [1.82, 2.24) is 15.5 Å². The van der Waals surface area contributed by atoms with E-state index < -0.39 is 12.1 Å². The lowest BCUT2D eigenvalue weighted by Gasteiger charge is -2.22. The highest BCUT2D eigenvalue weighted by Gasteiger charge is 2.37. The van der Waals surface area contributed by atoms with Gasteiger partial charge < -0.3 is 20.5 Å². The molecule has 8 nitrogen and oxygen atoms in total. The van der Waals surface area contributed by atoms with E-state index in [4.69, 9.17) is 4.74 Å². The van der Waals surface area contributed by atoms with Gasteiger partial charge in [0.15, 0.2) is 0 Å². The normalized spacial score (nSPS) is 18.6. The van der Waals surface area contributed by atoms with Crippen molar-refractivity contribution in [1.29, 1.82) is 0 Å². The van der Waals surface area contributed by atoms with Crippen molar-refractivity contribution in [2.24, 2.45) is 5.92 Å². The van der Waals surface area contributed by atoms with Crippen molar-refractivity contribution in [3.8, 4) is 5.75 Å². The highest BCUT2D eigenvalue weighted by atomic mass is 16.5. The van der Waals surface area contributed by atoms with Crippen LogP contribution in [0.3, 0.4) is 0 Å². The fourth-order valence-electron chi connectivity index (χ4n) is 3.04. The fourth-order valence-corrected chi connectivity index (χ4v) is 3.04. The molecule has 0 saturated carbocycles. The van der Waals surface area contributed by atoms with E-state index in [1.807, 2.05) is 13.8 Å². The van der Waals surface area contributed by atoms with Gasteiger partial charge in [0.2, 0.25) is 5.91 Å². The van der Waals surface area contributed by atoms with Gasteiger partial charge in [-0.2, -0.15) is 0 Å². The van der Waals surface area contributed by atoms with Gasteiger partial charge in [-0.3, -0.25) is 14.5 Å². The van der Waals surface area contributed by atoms with Gasteiger partial charge >= 0.3 is 6.03 Å². The number of methoxy groups -OCH3 is 1. The first-order valence-corrected chi connectivity index (χ1v) is 9.54. The minimum Gasteiger partial charge on any atom is -0.497 e. The molecule has 28 heavy (non-hydrogen) atoms. The molecule has 1 aliphatic rings. The lowest BCUT2D eigenvalue weighted by Crippen LogP contribution is -2.42. The van der Waals surface area contributed by atoms with Crippen LogP contribution in [0.15, 0.2) is 24.3 Å². The number of imide groups is 1. The monoisotopic (exact) mass is 391 g/mol. The third kappa shape index (κ3) is 5.45. The summed E-state index contributed by atoms with van der Waals surface area (Å²) >= 11 is 0. The van der Waals surface area contributed by atoms with E-state index >= 15 is 0 Å². The standard InChI is InChI=1S/C20H29N3O5/c1-4-13(2)17(12-24)21-18(25)10-9-16-19(26)23(20(27)22-16)11-14-5-7-15(28-3)8-6-14/h5-8,13,16-17,24H,4,9-12H2,1-3H3,(H,21,25)(H,22,27). The molecule has 3 atom stereocenters. The second-order valence-electron chi connectivity index (χ2n) is 7.06. The largest absolute Gasteiger partial charge is 0.497 e. The molecule has 8 heteroatoms. The van der Waals surface area contributed by atoms with Gasteiger partial charge in [-0.15, -0.1) is 0 Å². The van der Waals surface area contributed by atoms with Crippen molar-refractivity contribution in [2.75, 3.05) is 13.7 Å². The van der Waals surface area contributed by atoms with Crippen LogP contribution in [0.2, 0.25) is 0 Å². The SMILES string of the molecule is CCC(C)C(CO)NC(=O)CCC1NC(=O)N(Cc2ccc(OC)cc2)C1=O. The van der Waals surface area contributed by atoms with E-state index in [2.05, 4.69) is 10.6 Å². The molecule has 2 rings (SSSR count). The smallest absolute Gasteiger partial charge is 0.325 e. The zero-order chi connectivity index (χ0) is 20.7. The van der Waals surface area contributed by atoms with E-state index in [0.717, 1.165) is 16.9 Å². The summed E-state index contributed by atoms with van der Waals surface area (Å²) in [5.74, 6) is 0.273. The summed E-state index contributed by atoms with van der Waals surface area (Å²) in [4.78, 5) is 38.0. The molecule has 1 aromatic rings. The van der Waals surface area contributed by atoms with Gasteiger partial charge in [0.1, 0.15) is 11.8 Å². The first-order valence-electron chi connectivity index (χ1n) is 9.54. The van der Waals surface area contributed by atoms with E-state index in [0.29, 0.717) is 5.75 Å². The number of hydrogen-bond donors (Lipinski definition) is 3. The van der Waals surface area contributed by atoms with Crippen molar-refractivity contribution >= 4 is 17.8 Å². The molecule has 1 aliphatic heterocycles. The topological polar surface area (TPSA) is 108 Å². The molecule has 1 heterocycles. The number of benzene rings is 1. The maximum atomic E-state index is 12.5. The molecule has 0 bridgehead atoms. The summed E-state index contributed by atoms with van der Waals surface area (Å²) in [6, 6.07) is 5.65. The Morgan fingerprint density at radius 3 is 2.57 bits per heavy atom. The molecule has 4 amide bonds. The van der Waals surface area contributed by atoms with Gasteiger partial charge in [-0.25, -0.2) is 4.79 Å². The molecular formula is C20H29N3O5. The number of urea groups is 1. The second kappa shape index (κ2) is 10.1. The fraction of sp³-hybridized carbons (Fsp3) is 0.550. The Balaban J connectivity index is 1.87. The lowest BCUT2D eigenvalue weighted by atomic mass is 9.99. The predicted octanol–water partition coefficient (Wildman–Crippen LogP) is 1.42. The molecule has 0 spiro atoms. The first-order chi connectivity index (χ1) is 13.4. The number of nitrogens with zero attached hydrogens (tertiary/aromatic N) is 1. The zero-order valence-corrected chi connectivity index (χ0v) is 16.6. The highest BCUT2D eigenvalue weighted by Crippen LogP contribution is 2.17. The first kappa shape index (κ1) is 21.7. The molecule has 0 radical (unpaired) electrons. The van der Waals surface area contributed by atoms with Crippen LogP contribution in [0.5, 0.6) is 5.75 Å². The van der Waals surface area contributed by atoms with Crippen LogP contribution in [-0.2, 0) is 16.1 Å². The molecule has 3 unspecified atom stereocenters. The van der Waals surface area contributed by atoms with E-state index in [1.54, 1.807) is 31.4 Å². The summed E-state index contributed by atoms with van der Waals surface area (Å²) in [7, 11) is 1.57. The Kier molecular flexibility index (Phi) is 7.80. The number of rotatable bonds is 10. The zero-order valence-electron chi connectivity index (χ0n) is 16.6. The maximum Gasteiger partial charge on any atom is 0.325 e. The van der Waals surface area contributed by atoms with Crippen molar-refractivity contribution in [2.45, 2.75) is 51.7 Å². The molecule has 1 saturated heterocycles. The average Bonchev–Trinajstić information content (AvgIpc) is 2.97. The number of aliphatic hydroxyl groups is 1. The summed E-state index contributed by atoms with van der Waals surface area (Å²) < 4.78 is 5.10. The van der Waals surface area contributed by atoms with Crippen LogP contribution in [-0.4, -0.2) is 53.7 Å². The number of carbonyl (C=O) groups is 3. The summed E-state index contributed by atoms with van der Waals surface area (Å²) in [6.07, 6.45) is 1.15. The van der Waals surface area contributed by atoms with Gasteiger partial charge in [-0.1, -0.05) is 32.4 Å². The Morgan fingerprint density at radius 2 is 2.00 bits per heavy atom.